The standard InChI is InChI=1S/C18H27NO3/c1-18(2,3)22-17(20)19-14-8-6-5-7-9-15-10-12-16(21-4)13-11-15/h7,9-13H,5-6,8,14H2,1-4H3,(H,19,20)/b9-7+. The topological polar surface area (TPSA) is 47.6 Å². The predicted octanol–water partition coefficient (Wildman–Crippen LogP) is 4.40. The van der Waals surface area contributed by atoms with Crippen LogP contribution in [0.25, 0.3) is 6.08 Å². The highest BCUT2D eigenvalue weighted by Crippen LogP contribution is 2.12. The maximum absolute atomic E-state index is 11.4. The van der Waals surface area contributed by atoms with Crippen LogP contribution in [0.1, 0.15) is 45.6 Å². The normalized spacial score (nSPS) is 11.5. The van der Waals surface area contributed by atoms with E-state index in [1.807, 2.05) is 45.0 Å². The van der Waals surface area contributed by atoms with Gasteiger partial charge in [-0.05, 0) is 57.7 Å². The van der Waals surface area contributed by atoms with E-state index in [2.05, 4.69) is 17.5 Å². The number of hydrogen-bond donors (Lipinski definition) is 1. The van der Waals surface area contributed by atoms with Crippen molar-refractivity contribution >= 4 is 12.2 Å². The summed E-state index contributed by atoms with van der Waals surface area (Å²) in [6.07, 6.45) is 6.86. The Bertz CT molecular complexity index is 472. The molecule has 1 aromatic rings. The summed E-state index contributed by atoms with van der Waals surface area (Å²) in [4.78, 5) is 11.4. The van der Waals surface area contributed by atoms with Crippen LogP contribution < -0.4 is 10.1 Å². The molecule has 0 spiro atoms. The summed E-state index contributed by atoms with van der Waals surface area (Å²) in [5.41, 5.74) is 0.721. The van der Waals surface area contributed by atoms with Crippen molar-refractivity contribution in [3.63, 3.8) is 0 Å². The van der Waals surface area contributed by atoms with Crippen molar-refractivity contribution < 1.29 is 14.3 Å². The molecule has 0 saturated carbocycles. The lowest BCUT2D eigenvalue weighted by Crippen LogP contribution is -2.32. The number of nitrogens with one attached hydrogen (secondary N) is 1. The molecule has 0 saturated heterocycles. The van der Waals surface area contributed by atoms with Crippen molar-refractivity contribution in [1.29, 1.82) is 0 Å². The number of amides is 1. The largest absolute Gasteiger partial charge is 0.497 e. The molecule has 1 rings (SSSR count). The van der Waals surface area contributed by atoms with Crippen LogP contribution in [0.5, 0.6) is 5.75 Å². The van der Waals surface area contributed by atoms with Gasteiger partial charge in [-0.25, -0.2) is 4.79 Å². The second-order valence-corrected chi connectivity index (χ2v) is 6.10. The van der Waals surface area contributed by atoms with E-state index in [1.54, 1.807) is 7.11 Å². The van der Waals surface area contributed by atoms with Crippen LogP contribution in [0.3, 0.4) is 0 Å². The van der Waals surface area contributed by atoms with Crippen LogP contribution in [0.2, 0.25) is 0 Å². The third-order valence-electron chi connectivity index (χ3n) is 2.89. The average molecular weight is 305 g/mol. The van der Waals surface area contributed by atoms with Crippen LogP contribution >= 0.6 is 0 Å². The van der Waals surface area contributed by atoms with Crippen molar-refractivity contribution in [3.8, 4) is 5.75 Å². The molecule has 0 heterocycles. The van der Waals surface area contributed by atoms with Gasteiger partial charge in [0.2, 0.25) is 0 Å². The molecule has 122 valence electrons. The summed E-state index contributed by atoms with van der Waals surface area (Å²) in [5.74, 6) is 0.866. The first-order valence-electron chi connectivity index (χ1n) is 7.68. The van der Waals surface area contributed by atoms with E-state index in [9.17, 15) is 4.79 Å². The third-order valence-corrected chi connectivity index (χ3v) is 2.89. The van der Waals surface area contributed by atoms with Gasteiger partial charge in [0, 0.05) is 6.54 Å². The lowest BCUT2D eigenvalue weighted by molar-refractivity contribution is 0.0527. The van der Waals surface area contributed by atoms with Crippen LogP contribution in [-0.4, -0.2) is 25.3 Å². The molecule has 4 heteroatoms. The summed E-state index contributed by atoms with van der Waals surface area (Å²) in [6.45, 7) is 6.22. The Kier molecular flexibility index (Phi) is 7.50. The Balaban J connectivity index is 2.12. The van der Waals surface area contributed by atoms with Crippen molar-refractivity contribution in [2.45, 2.75) is 45.6 Å². The summed E-state index contributed by atoms with van der Waals surface area (Å²) < 4.78 is 10.3. The Morgan fingerprint density at radius 2 is 1.86 bits per heavy atom. The first-order chi connectivity index (χ1) is 10.4. The highest BCUT2D eigenvalue weighted by Gasteiger charge is 2.15. The Morgan fingerprint density at radius 1 is 1.18 bits per heavy atom. The summed E-state index contributed by atoms with van der Waals surface area (Å²) in [6, 6.07) is 7.95. The van der Waals surface area contributed by atoms with Crippen LogP contribution in [-0.2, 0) is 4.74 Å². The Hall–Kier alpha value is -1.97. The lowest BCUT2D eigenvalue weighted by atomic mass is 10.1. The summed E-state index contributed by atoms with van der Waals surface area (Å²) >= 11 is 0. The fourth-order valence-corrected chi connectivity index (χ4v) is 1.83. The van der Waals surface area contributed by atoms with Gasteiger partial charge in [-0.15, -0.1) is 0 Å². The quantitative estimate of drug-likeness (QED) is 0.759. The monoisotopic (exact) mass is 305 g/mol. The number of unbranched alkanes of at least 4 members (excludes halogenated alkanes) is 2. The van der Waals surface area contributed by atoms with Crippen LogP contribution in [0.4, 0.5) is 4.79 Å². The zero-order chi connectivity index (χ0) is 16.4. The molecule has 0 unspecified atom stereocenters. The van der Waals surface area contributed by atoms with E-state index in [0.717, 1.165) is 30.6 Å². The van der Waals surface area contributed by atoms with E-state index in [1.165, 1.54) is 0 Å². The van der Waals surface area contributed by atoms with Gasteiger partial charge in [0.1, 0.15) is 11.4 Å². The number of methoxy groups -OCH3 is 1. The predicted molar refractivity (Wildman–Crippen MR) is 90.1 cm³/mol. The van der Waals surface area contributed by atoms with E-state index in [0.29, 0.717) is 6.54 Å². The Morgan fingerprint density at radius 3 is 2.45 bits per heavy atom. The smallest absolute Gasteiger partial charge is 0.407 e. The fraction of sp³-hybridized carbons (Fsp3) is 0.500. The number of carbonyl (C=O) groups is 1. The highest BCUT2D eigenvalue weighted by atomic mass is 16.6. The van der Waals surface area contributed by atoms with Crippen LogP contribution in [0, 0.1) is 0 Å². The molecule has 0 fully saturated rings. The molecule has 0 radical (unpaired) electrons. The number of benzene rings is 1. The maximum atomic E-state index is 11.4. The number of hydrogen-bond acceptors (Lipinski definition) is 3. The van der Waals surface area contributed by atoms with Crippen molar-refractivity contribution in [1.82, 2.24) is 5.32 Å². The third kappa shape index (κ3) is 8.35. The highest BCUT2D eigenvalue weighted by molar-refractivity contribution is 5.67. The minimum Gasteiger partial charge on any atom is -0.497 e. The number of rotatable bonds is 7. The maximum Gasteiger partial charge on any atom is 0.407 e. The zero-order valence-electron chi connectivity index (χ0n) is 14.0. The molecule has 1 amide bonds. The Labute approximate surface area is 133 Å². The van der Waals surface area contributed by atoms with E-state index in [-0.39, 0.29) is 6.09 Å². The van der Waals surface area contributed by atoms with E-state index in [4.69, 9.17) is 9.47 Å². The van der Waals surface area contributed by atoms with E-state index < -0.39 is 5.60 Å². The van der Waals surface area contributed by atoms with Gasteiger partial charge in [0.25, 0.3) is 0 Å². The molecular weight excluding hydrogens is 278 g/mol. The SMILES string of the molecule is COc1ccc(/C=C/CCCCNC(=O)OC(C)(C)C)cc1. The zero-order valence-corrected chi connectivity index (χ0v) is 14.0. The number of alkyl carbamates (subject to hydrolysis) is 1. The van der Waals surface area contributed by atoms with Gasteiger partial charge in [0.15, 0.2) is 0 Å². The molecule has 1 N–H and O–H groups in total. The van der Waals surface area contributed by atoms with Gasteiger partial charge < -0.3 is 14.8 Å². The molecular formula is C18H27NO3. The molecule has 0 aliphatic heterocycles. The minimum absolute atomic E-state index is 0.346. The van der Waals surface area contributed by atoms with Gasteiger partial charge in [0.05, 0.1) is 7.11 Å². The molecule has 1 aromatic carbocycles. The molecule has 0 atom stereocenters. The van der Waals surface area contributed by atoms with Crippen molar-refractivity contribution in [2.24, 2.45) is 0 Å². The summed E-state index contributed by atoms with van der Waals surface area (Å²) in [5, 5.41) is 2.76. The van der Waals surface area contributed by atoms with Crippen molar-refractivity contribution in [3.05, 3.63) is 35.9 Å². The molecule has 22 heavy (non-hydrogen) atoms. The molecule has 0 aliphatic rings. The number of carbonyl (C=O) groups excluding carboxylic acids is 1. The fourth-order valence-electron chi connectivity index (χ4n) is 1.83. The molecule has 0 aliphatic carbocycles. The second-order valence-electron chi connectivity index (χ2n) is 6.10. The number of ether oxygens (including phenoxy) is 2. The van der Waals surface area contributed by atoms with Gasteiger partial charge in [-0.1, -0.05) is 24.3 Å². The summed E-state index contributed by atoms with van der Waals surface area (Å²) in [7, 11) is 1.66. The van der Waals surface area contributed by atoms with Crippen molar-refractivity contribution in [2.75, 3.05) is 13.7 Å². The first kappa shape index (κ1) is 18.1. The van der Waals surface area contributed by atoms with Crippen LogP contribution in [0.15, 0.2) is 30.3 Å². The van der Waals surface area contributed by atoms with Gasteiger partial charge >= 0.3 is 6.09 Å². The molecule has 0 bridgehead atoms. The van der Waals surface area contributed by atoms with Gasteiger partial charge in [-0.2, -0.15) is 0 Å². The molecule has 4 nitrogen and oxygen atoms in total. The minimum atomic E-state index is -0.439. The van der Waals surface area contributed by atoms with Gasteiger partial charge in [-0.3, -0.25) is 0 Å². The van der Waals surface area contributed by atoms with E-state index >= 15 is 0 Å². The second kappa shape index (κ2) is 9.13. The average Bonchev–Trinajstić information content (AvgIpc) is 2.45. The first-order valence-corrected chi connectivity index (χ1v) is 7.68. The molecule has 0 aromatic heterocycles. The lowest BCUT2D eigenvalue weighted by Gasteiger charge is -2.19. The number of allylic oxidation sites excluding steroid dienone is 1.